The molecular weight excluding hydrogens is 347 g/mol. The molecule has 6 rings (SSSR count). The molecule has 0 saturated heterocycles. The summed E-state index contributed by atoms with van der Waals surface area (Å²) in [5.74, 6) is 3.19. The second-order valence-corrected chi connectivity index (χ2v) is 9.68. The summed E-state index contributed by atoms with van der Waals surface area (Å²) in [4.78, 5) is 20.1. The molecule has 1 amide bonds. The number of carbonyl (C=O) groups excluding carboxylic acids is 1. The van der Waals surface area contributed by atoms with Gasteiger partial charge in [0.2, 0.25) is 5.91 Å². The molecule has 138 valence electrons. The van der Waals surface area contributed by atoms with Gasteiger partial charge in [0.05, 0.1) is 12.0 Å². The number of rotatable bonds is 3. The molecule has 4 bridgehead atoms. The number of nitrogens with zero attached hydrogens (tertiary/aromatic N) is 2. The van der Waals surface area contributed by atoms with Gasteiger partial charge in [0.15, 0.2) is 5.17 Å². The molecule has 0 spiro atoms. The lowest BCUT2D eigenvalue weighted by Gasteiger charge is -2.56. The minimum atomic E-state index is -0.212. The lowest BCUT2D eigenvalue weighted by molar-refractivity contribution is -0.152. The molecule has 4 saturated carbocycles. The lowest BCUT2D eigenvalue weighted by Crippen LogP contribution is -2.55. The molecular formula is C21H25FN2OS. The summed E-state index contributed by atoms with van der Waals surface area (Å²) in [7, 11) is 0. The number of aliphatic imine (C=N–C) groups is 1. The Bertz CT molecular complexity index is 710. The van der Waals surface area contributed by atoms with Crippen LogP contribution in [0.25, 0.3) is 0 Å². The molecule has 0 atom stereocenters. The molecule has 1 aliphatic heterocycles. The van der Waals surface area contributed by atoms with Crippen molar-refractivity contribution in [1.82, 2.24) is 4.90 Å². The zero-order valence-electron chi connectivity index (χ0n) is 15.0. The van der Waals surface area contributed by atoms with Crippen LogP contribution < -0.4 is 0 Å². The minimum absolute atomic E-state index is 0.101. The highest BCUT2D eigenvalue weighted by atomic mass is 32.2. The second kappa shape index (κ2) is 6.36. The van der Waals surface area contributed by atoms with Crippen molar-refractivity contribution in [1.29, 1.82) is 0 Å². The molecule has 1 aromatic carbocycles. The molecule has 4 fully saturated rings. The summed E-state index contributed by atoms with van der Waals surface area (Å²) in [5, 5.41) is 0.870. The SMILES string of the molecule is O=C(N1CCN=C1SCc1ccc(F)cc1)C12CC3CC(CC(C3)C1)C2. The first-order valence-corrected chi connectivity index (χ1v) is 10.8. The van der Waals surface area contributed by atoms with Crippen molar-refractivity contribution in [3.8, 4) is 0 Å². The van der Waals surface area contributed by atoms with E-state index >= 15 is 0 Å². The maximum absolute atomic E-state index is 13.5. The topological polar surface area (TPSA) is 32.7 Å². The summed E-state index contributed by atoms with van der Waals surface area (Å²) in [6, 6.07) is 6.60. The Morgan fingerprint density at radius 1 is 1.12 bits per heavy atom. The fourth-order valence-electron chi connectivity index (χ4n) is 6.13. The van der Waals surface area contributed by atoms with Crippen molar-refractivity contribution in [3.05, 3.63) is 35.6 Å². The average Bonchev–Trinajstić information content (AvgIpc) is 3.08. The summed E-state index contributed by atoms with van der Waals surface area (Å²) >= 11 is 1.62. The minimum Gasteiger partial charge on any atom is -0.289 e. The number of hydrogen-bond donors (Lipinski definition) is 0. The Kier molecular flexibility index (Phi) is 4.11. The zero-order valence-corrected chi connectivity index (χ0v) is 15.8. The first kappa shape index (κ1) is 16.8. The third-order valence-corrected chi connectivity index (χ3v) is 7.91. The van der Waals surface area contributed by atoms with Crippen LogP contribution in [-0.4, -0.2) is 29.1 Å². The number of carbonyl (C=O) groups is 1. The van der Waals surface area contributed by atoms with E-state index in [9.17, 15) is 9.18 Å². The third-order valence-electron chi connectivity index (χ3n) is 6.82. The molecule has 0 aromatic heterocycles. The molecule has 1 heterocycles. The molecule has 3 nitrogen and oxygen atoms in total. The van der Waals surface area contributed by atoms with Gasteiger partial charge in [0.1, 0.15) is 5.82 Å². The van der Waals surface area contributed by atoms with E-state index in [0.717, 1.165) is 60.0 Å². The number of amides is 1. The molecule has 0 unspecified atom stereocenters. The first-order valence-electron chi connectivity index (χ1n) is 9.85. The number of hydrogen-bond acceptors (Lipinski definition) is 3. The van der Waals surface area contributed by atoms with Crippen molar-refractivity contribution >= 4 is 22.8 Å². The fraction of sp³-hybridized carbons (Fsp3) is 0.619. The number of halogens is 1. The normalized spacial score (nSPS) is 35.0. The lowest BCUT2D eigenvalue weighted by atomic mass is 9.49. The fourth-order valence-corrected chi connectivity index (χ4v) is 7.13. The van der Waals surface area contributed by atoms with Crippen molar-refractivity contribution in [2.45, 2.75) is 44.3 Å². The molecule has 0 N–H and O–H groups in total. The van der Waals surface area contributed by atoms with Crippen LogP contribution >= 0.6 is 11.8 Å². The van der Waals surface area contributed by atoms with Crippen molar-refractivity contribution in [2.24, 2.45) is 28.2 Å². The number of benzene rings is 1. The summed E-state index contributed by atoms with van der Waals surface area (Å²) in [5.41, 5.74) is 0.962. The second-order valence-electron chi connectivity index (χ2n) is 8.73. The van der Waals surface area contributed by atoms with Crippen LogP contribution in [0.4, 0.5) is 4.39 Å². The van der Waals surface area contributed by atoms with Gasteiger partial charge in [0, 0.05) is 12.3 Å². The molecule has 0 radical (unpaired) electrons. The van der Waals surface area contributed by atoms with Crippen LogP contribution in [0.5, 0.6) is 0 Å². The highest BCUT2D eigenvalue weighted by molar-refractivity contribution is 8.13. The summed E-state index contributed by atoms with van der Waals surface area (Å²) in [6.07, 6.45) is 7.37. The predicted molar refractivity (Wildman–Crippen MR) is 102 cm³/mol. The van der Waals surface area contributed by atoms with Gasteiger partial charge < -0.3 is 0 Å². The van der Waals surface area contributed by atoms with E-state index < -0.39 is 0 Å². The van der Waals surface area contributed by atoms with Crippen molar-refractivity contribution in [2.75, 3.05) is 13.1 Å². The summed E-state index contributed by atoms with van der Waals surface area (Å²) < 4.78 is 13.1. The Morgan fingerprint density at radius 2 is 1.73 bits per heavy atom. The van der Waals surface area contributed by atoms with Gasteiger partial charge in [-0.2, -0.15) is 0 Å². The zero-order chi connectivity index (χ0) is 17.7. The van der Waals surface area contributed by atoms with Gasteiger partial charge in [-0.15, -0.1) is 0 Å². The van der Waals surface area contributed by atoms with E-state index in [4.69, 9.17) is 0 Å². The maximum atomic E-state index is 13.5. The predicted octanol–water partition coefficient (Wildman–Crippen LogP) is 4.47. The van der Waals surface area contributed by atoms with Crippen LogP contribution in [0.1, 0.15) is 44.1 Å². The van der Waals surface area contributed by atoms with Crippen LogP contribution in [0, 0.1) is 29.0 Å². The molecule has 4 aliphatic carbocycles. The summed E-state index contributed by atoms with van der Waals surface area (Å²) in [6.45, 7) is 1.44. The monoisotopic (exact) mass is 372 g/mol. The molecule has 5 aliphatic rings. The van der Waals surface area contributed by atoms with Crippen LogP contribution in [-0.2, 0) is 10.5 Å². The van der Waals surface area contributed by atoms with E-state index in [2.05, 4.69) is 4.99 Å². The van der Waals surface area contributed by atoms with E-state index in [1.165, 1.54) is 31.4 Å². The van der Waals surface area contributed by atoms with Gasteiger partial charge in [-0.25, -0.2) is 4.39 Å². The van der Waals surface area contributed by atoms with Gasteiger partial charge >= 0.3 is 0 Å². The third kappa shape index (κ3) is 2.88. The van der Waals surface area contributed by atoms with Crippen LogP contribution in [0.3, 0.4) is 0 Å². The molecule has 26 heavy (non-hydrogen) atoms. The number of amidine groups is 1. The van der Waals surface area contributed by atoms with E-state index in [0.29, 0.717) is 12.5 Å². The van der Waals surface area contributed by atoms with Gasteiger partial charge in [-0.3, -0.25) is 14.7 Å². The van der Waals surface area contributed by atoms with E-state index in [1.807, 2.05) is 17.0 Å². The average molecular weight is 373 g/mol. The molecule has 5 heteroatoms. The van der Waals surface area contributed by atoms with Crippen LogP contribution in [0.15, 0.2) is 29.3 Å². The first-order chi connectivity index (χ1) is 12.6. The quantitative estimate of drug-likeness (QED) is 0.784. The van der Waals surface area contributed by atoms with Gasteiger partial charge in [-0.05, 0) is 74.0 Å². The largest absolute Gasteiger partial charge is 0.289 e. The van der Waals surface area contributed by atoms with Crippen molar-refractivity contribution in [3.63, 3.8) is 0 Å². The standard InChI is InChI=1S/C21H25FN2OS/c22-18-3-1-14(2-4-18)13-26-20-23-5-6-24(20)19(25)21-10-15-7-16(11-21)9-17(8-15)12-21/h1-4,15-17H,5-13H2. The number of thioether (sulfide) groups is 1. The molecule has 1 aromatic rings. The highest BCUT2D eigenvalue weighted by Gasteiger charge is 2.56. The smallest absolute Gasteiger partial charge is 0.234 e. The maximum Gasteiger partial charge on any atom is 0.234 e. The Morgan fingerprint density at radius 3 is 2.35 bits per heavy atom. The Balaban J connectivity index is 1.29. The van der Waals surface area contributed by atoms with Crippen LogP contribution in [0.2, 0.25) is 0 Å². The van der Waals surface area contributed by atoms with E-state index in [1.54, 1.807) is 11.8 Å². The highest BCUT2D eigenvalue weighted by Crippen LogP contribution is 2.60. The Labute approximate surface area is 158 Å². The van der Waals surface area contributed by atoms with E-state index in [-0.39, 0.29) is 11.2 Å². The van der Waals surface area contributed by atoms with Gasteiger partial charge in [0.25, 0.3) is 0 Å². The van der Waals surface area contributed by atoms with Gasteiger partial charge in [-0.1, -0.05) is 23.9 Å². The Hall–Kier alpha value is -1.36. The van der Waals surface area contributed by atoms with Crippen molar-refractivity contribution < 1.29 is 9.18 Å².